The minimum absolute atomic E-state index is 0.0455. The lowest BCUT2D eigenvalue weighted by Crippen LogP contribution is -2.26. The second-order valence-electron chi connectivity index (χ2n) is 4.00. The van der Waals surface area contributed by atoms with Crippen LogP contribution < -0.4 is 4.90 Å². The van der Waals surface area contributed by atoms with E-state index in [9.17, 15) is 13.2 Å². The largest absolute Gasteiger partial charge is 0.311 e. The summed E-state index contributed by atoms with van der Waals surface area (Å²) >= 11 is 1.61. The zero-order valence-electron chi connectivity index (χ0n) is 9.67. The zero-order chi connectivity index (χ0) is 13.3. The lowest BCUT2D eigenvalue weighted by atomic mass is 10.3. The number of carbonyl (C=O) groups excluding carboxylic acids is 1. The van der Waals surface area contributed by atoms with E-state index in [1.165, 1.54) is 4.90 Å². The molecule has 0 saturated carbocycles. The van der Waals surface area contributed by atoms with E-state index in [0.717, 1.165) is 4.90 Å². The van der Waals surface area contributed by atoms with Crippen molar-refractivity contribution in [1.29, 1.82) is 0 Å². The molecule has 0 N–H and O–H groups in total. The Kier molecular flexibility index (Phi) is 3.89. The fraction of sp³-hybridized carbons (Fsp3) is 0.364. The van der Waals surface area contributed by atoms with Crippen molar-refractivity contribution < 1.29 is 13.2 Å². The number of anilines is 1. The molecule has 2 rings (SSSR count). The summed E-state index contributed by atoms with van der Waals surface area (Å²) in [4.78, 5) is 14.3. The first-order valence-electron chi connectivity index (χ1n) is 5.29. The summed E-state index contributed by atoms with van der Waals surface area (Å²) < 4.78 is 22.5. The van der Waals surface area contributed by atoms with Crippen LogP contribution in [0.25, 0.3) is 0 Å². The van der Waals surface area contributed by atoms with Crippen LogP contribution >= 0.6 is 22.4 Å². The van der Waals surface area contributed by atoms with Gasteiger partial charge >= 0.3 is 0 Å². The number of nitrogens with zero attached hydrogens (tertiary/aromatic N) is 1. The minimum atomic E-state index is -3.68. The van der Waals surface area contributed by atoms with E-state index in [0.29, 0.717) is 5.69 Å². The molecule has 1 heterocycles. The van der Waals surface area contributed by atoms with Gasteiger partial charge in [0, 0.05) is 34.2 Å². The Morgan fingerprint density at radius 1 is 1.33 bits per heavy atom. The molecular formula is C11H12ClNO3S2. The van der Waals surface area contributed by atoms with Gasteiger partial charge in [-0.25, -0.2) is 8.42 Å². The summed E-state index contributed by atoms with van der Waals surface area (Å²) in [7, 11) is 1.61. The van der Waals surface area contributed by atoms with Crippen molar-refractivity contribution in [3.63, 3.8) is 0 Å². The lowest BCUT2D eigenvalue weighted by molar-refractivity contribution is -0.117. The molecule has 7 heteroatoms. The standard InChI is InChI=1S/C11H12ClNO3S2/c1-17-9-4-2-8(3-5-9)13-7-10(6-11(13)14)18(12,15)16/h2-5,10H,6-7H2,1H3. The van der Waals surface area contributed by atoms with Crippen molar-refractivity contribution in [2.75, 3.05) is 17.7 Å². The normalized spacial score (nSPS) is 20.4. The van der Waals surface area contributed by atoms with Crippen LogP contribution in [0.5, 0.6) is 0 Å². The maximum Gasteiger partial charge on any atom is 0.237 e. The molecule has 0 aromatic heterocycles. The molecule has 0 spiro atoms. The molecule has 18 heavy (non-hydrogen) atoms. The molecule has 1 saturated heterocycles. The van der Waals surface area contributed by atoms with Crippen molar-refractivity contribution in [3.8, 4) is 0 Å². The Bertz CT molecular complexity index is 556. The molecule has 1 amide bonds. The van der Waals surface area contributed by atoms with Gasteiger partial charge in [-0.3, -0.25) is 4.79 Å². The number of benzene rings is 1. The van der Waals surface area contributed by atoms with Crippen LogP contribution in [0.4, 0.5) is 5.69 Å². The molecule has 0 aliphatic carbocycles. The highest BCUT2D eigenvalue weighted by atomic mass is 35.7. The van der Waals surface area contributed by atoms with Crippen molar-refractivity contribution in [2.45, 2.75) is 16.6 Å². The summed E-state index contributed by atoms with van der Waals surface area (Å²) in [6, 6.07) is 7.42. The van der Waals surface area contributed by atoms with E-state index >= 15 is 0 Å². The SMILES string of the molecule is CSc1ccc(N2CC(S(=O)(=O)Cl)CC2=O)cc1. The third-order valence-electron chi connectivity index (χ3n) is 2.87. The molecule has 1 aromatic carbocycles. The average Bonchev–Trinajstić information content (AvgIpc) is 2.71. The average molecular weight is 306 g/mol. The first-order chi connectivity index (χ1) is 8.41. The van der Waals surface area contributed by atoms with E-state index in [4.69, 9.17) is 10.7 Å². The quantitative estimate of drug-likeness (QED) is 0.634. The highest BCUT2D eigenvalue weighted by Gasteiger charge is 2.37. The Morgan fingerprint density at radius 2 is 1.94 bits per heavy atom. The number of hydrogen-bond acceptors (Lipinski definition) is 4. The maximum atomic E-state index is 11.8. The van der Waals surface area contributed by atoms with Crippen molar-refractivity contribution in [1.82, 2.24) is 0 Å². The fourth-order valence-corrected chi connectivity index (χ4v) is 3.31. The van der Waals surface area contributed by atoms with Gasteiger partial charge in [0.05, 0.1) is 0 Å². The zero-order valence-corrected chi connectivity index (χ0v) is 12.1. The Balaban J connectivity index is 2.21. The molecule has 1 fully saturated rings. The summed E-state index contributed by atoms with van der Waals surface area (Å²) in [6.07, 6.45) is 1.92. The Morgan fingerprint density at radius 3 is 2.39 bits per heavy atom. The molecule has 0 bridgehead atoms. The number of thioether (sulfide) groups is 1. The molecule has 1 aromatic rings. The summed E-state index contributed by atoms with van der Waals surface area (Å²) in [5, 5.41) is -0.813. The molecular weight excluding hydrogens is 294 g/mol. The van der Waals surface area contributed by atoms with E-state index in [-0.39, 0.29) is 18.9 Å². The molecule has 1 aliphatic heterocycles. The highest BCUT2D eigenvalue weighted by Crippen LogP contribution is 2.28. The third kappa shape index (κ3) is 2.81. The van der Waals surface area contributed by atoms with Crippen LogP contribution in [-0.4, -0.2) is 32.4 Å². The number of hydrogen-bond donors (Lipinski definition) is 0. The first-order valence-corrected chi connectivity index (χ1v) is 8.89. The minimum Gasteiger partial charge on any atom is -0.311 e. The molecule has 1 atom stereocenters. The number of halogens is 1. The topological polar surface area (TPSA) is 54.5 Å². The molecule has 1 aliphatic rings. The van der Waals surface area contributed by atoms with E-state index in [1.807, 2.05) is 30.5 Å². The number of rotatable bonds is 3. The van der Waals surface area contributed by atoms with Crippen LogP contribution in [0.2, 0.25) is 0 Å². The van der Waals surface area contributed by atoms with Crippen LogP contribution in [0, 0.1) is 0 Å². The Labute approximate surface area is 115 Å². The van der Waals surface area contributed by atoms with E-state index in [1.54, 1.807) is 11.8 Å². The van der Waals surface area contributed by atoms with Gasteiger partial charge in [-0.1, -0.05) is 0 Å². The van der Waals surface area contributed by atoms with Crippen molar-refractivity contribution in [2.24, 2.45) is 0 Å². The van der Waals surface area contributed by atoms with Crippen LogP contribution in [-0.2, 0) is 13.8 Å². The van der Waals surface area contributed by atoms with Gasteiger partial charge in [-0.05, 0) is 30.5 Å². The lowest BCUT2D eigenvalue weighted by Gasteiger charge is -2.16. The summed E-state index contributed by atoms with van der Waals surface area (Å²) in [6.45, 7) is 0.128. The van der Waals surface area contributed by atoms with Crippen LogP contribution in [0.15, 0.2) is 29.2 Å². The predicted molar refractivity (Wildman–Crippen MR) is 73.8 cm³/mol. The van der Waals surface area contributed by atoms with E-state index in [2.05, 4.69) is 0 Å². The monoisotopic (exact) mass is 305 g/mol. The van der Waals surface area contributed by atoms with Crippen LogP contribution in [0.1, 0.15) is 6.42 Å². The smallest absolute Gasteiger partial charge is 0.237 e. The highest BCUT2D eigenvalue weighted by molar-refractivity contribution is 8.14. The predicted octanol–water partition coefficient (Wildman–Crippen LogP) is 2.08. The second kappa shape index (κ2) is 5.11. The molecule has 0 radical (unpaired) electrons. The van der Waals surface area contributed by atoms with Gasteiger partial charge < -0.3 is 4.90 Å². The molecule has 1 unspecified atom stereocenters. The first kappa shape index (κ1) is 13.7. The van der Waals surface area contributed by atoms with Crippen LogP contribution in [0.3, 0.4) is 0 Å². The van der Waals surface area contributed by atoms with E-state index < -0.39 is 14.3 Å². The number of amides is 1. The maximum absolute atomic E-state index is 11.8. The summed E-state index contributed by atoms with van der Waals surface area (Å²) in [5.41, 5.74) is 0.709. The summed E-state index contributed by atoms with van der Waals surface area (Å²) in [5.74, 6) is -0.207. The van der Waals surface area contributed by atoms with Crippen molar-refractivity contribution >= 4 is 43.1 Å². The van der Waals surface area contributed by atoms with Gasteiger partial charge in [0.15, 0.2) is 0 Å². The van der Waals surface area contributed by atoms with Gasteiger partial charge in [0.25, 0.3) is 0 Å². The van der Waals surface area contributed by atoms with Gasteiger partial charge in [-0.2, -0.15) is 0 Å². The third-order valence-corrected chi connectivity index (χ3v) is 5.48. The number of carbonyl (C=O) groups is 1. The molecule has 98 valence electrons. The Hall–Kier alpha value is -0.720. The fourth-order valence-electron chi connectivity index (χ4n) is 1.88. The van der Waals surface area contributed by atoms with Crippen molar-refractivity contribution in [3.05, 3.63) is 24.3 Å². The second-order valence-corrected chi connectivity index (χ2v) is 7.79. The van der Waals surface area contributed by atoms with Gasteiger partial charge in [0.1, 0.15) is 5.25 Å². The molecule has 4 nitrogen and oxygen atoms in total. The van der Waals surface area contributed by atoms with Gasteiger partial charge in [-0.15, -0.1) is 11.8 Å². The van der Waals surface area contributed by atoms with Gasteiger partial charge in [0.2, 0.25) is 15.0 Å².